The molecule has 2 N–H and O–H groups in total. The Morgan fingerprint density at radius 1 is 1.22 bits per heavy atom. The summed E-state index contributed by atoms with van der Waals surface area (Å²) in [7, 11) is 0. The molecule has 1 aromatic carbocycles. The fourth-order valence-electron chi connectivity index (χ4n) is 1.68. The van der Waals surface area contributed by atoms with Crippen molar-refractivity contribution in [2.45, 2.75) is 26.3 Å². The minimum absolute atomic E-state index is 0.502. The molecule has 0 unspecified atom stereocenters. The minimum Gasteiger partial charge on any atom is -0.439 e. The van der Waals surface area contributed by atoms with Crippen molar-refractivity contribution in [3.63, 3.8) is 0 Å². The maximum Gasteiger partial charge on any atom is 0.222 e. The number of nitrogens with two attached hydrogens (primary N) is 1. The van der Waals surface area contributed by atoms with Gasteiger partial charge in [-0.25, -0.2) is 9.97 Å². The predicted molar refractivity (Wildman–Crippen MR) is 70.4 cm³/mol. The molecule has 2 aromatic rings. The Morgan fingerprint density at radius 2 is 2.11 bits per heavy atom. The predicted octanol–water partition coefficient (Wildman–Crippen LogP) is 2.68. The Hall–Kier alpha value is -1.94. The third-order valence-corrected chi connectivity index (χ3v) is 2.56. The van der Waals surface area contributed by atoms with Gasteiger partial charge in [-0.1, -0.05) is 25.5 Å². The van der Waals surface area contributed by atoms with Gasteiger partial charge in [-0.15, -0.1) is 0 Å². The lowest BCUT2D eigenvalue weighted by Crippen LogP contribution is -1.97. The Balaban J connectivity index is 2.14. The summed E-state index contributed by atoms with van der Waals surface area (Å²) in [5.41, 5.74) is 7.63. The first-order chi connectivity index (χ1) is 8.81. The quantitative estimate of drug-likeness (QED) is 0.877. The molecule has 0 aliphatic carbocycles. The van der Waals surface area contributed by atoms with Crippen LogP contribution in [0.3, 0.4) is 0 Å². The van der Waals surface area contributed by atoms with Gasteiger partial charge in [0.15, 0.2) is 0 Å². The van der Waals surface area contributed by atoms with E-state index in [1.807, 2.05) is 30.3 Å². The van der Waals surface area contributed by atoms with Crippen LogP contribution in [0.25, 0.3) is 0 Å². The molecule has 1 heterocycles. The van der Waals surface area contributed by atoms with Crippen LogP contribution in [-0.2, 0) is 13.0 Å². The van der Waals surface area contributed by atoms with E-state index in [1.165, 1.54) is 6.33 Å². The number of aryl methyl sites for hydroxylation is 1. The smallest absolute Gasteiger partial charge is 0.222 e. The molecule has 0 saturated carbocycles. The van der Waals surface area contributed by atoms with Gasteiger partial charge in [-0.3, -0.25) is 0 Å². The molecule has 18 heavy (non-hydrogen) atoms. The molecule has 0 saturated heterocycles. The summed E-state index contributed by atoms with van der Waals surface area (Å²) >= 11 is 0. The van der Waals surface area contributed by atoms with Gasteiger partial charge in [0.1, 0.15) is 12.1 Å². The Morgan fingerprint density at radius 3 is 2.89 bits per heavy atom. The zero-order valence-electron chi connectivity index (χ0n) is 10.5. The molecule has 0 spiro atoms. The molecule has 1 aromatic heterocycles. The van der Waals surface area contributed by atoms with E-state index >= 15 is 0 Å². The van der Waals surface area contributed by atoms with Crippen molar-refractivity contribution in [3.05, 3.63) is 47.9 Å². The molecule has 4 nitrogen and oxygen atoms in total. The Labute approximate surface area is 107 Å². The third-order valence-electron chi connectivity index (χ3n) is 2.56. The van der Waals surface area contributed by atoms with Crippen LogP contribution >= 0.6 is 0 Å². The summed E-state index contributed by atoms with van der Waals surface area (Å²) in [6.45, 7) is 2.62. The van der Waals surface area contributed by atoms with E-state index in [4.69, 9.17) is 10.5 Å². The normalized spacial score (nSPS) is 10.3. The fraction of sp³-hybridized carbons (Fsp3) is 0.286. The van der Waals surface area contributed by atoms with Crippen molar-refractivity contribution in [1.82, 2.24) is 9.97 Å². The average Bonchev–Trinajstić information content (AvgIpc) is 2.40. The molecule has 4 heteroatoms. The van der Waals surface area contributed by atoms with Gasteiger partial charge in [-0.2, -0.15) is 0 Å². The molecule has 2 rings (SSSR count). The van der Waals surface area contributed by atoms with E-state index in [9.17, 15) is 0 Å². The maximum absolute atomic E-state index is 5.70. The van der Waals surface area contributed by atoms with Crippen LogP contribution in [-0.4, -0.2) is 9.97 Å². The van der Waals surface area contributed by atoms with Gasteiger partial charge < -0.3 is 10.5 Å². The maximum atomic E-state index is 5.70. The second-order valence-electron chi connectivity index (χ2n) is 4.05. The highest BCUT2D eigenvalue weighted by atomic mass is 16.5. The third kappa shape index (κ3) is 3.28. The first-order valence-electron chi connectivity index (χ1n) is 6.09. The van der Waals surface area contributed by atoms with Crippen LogP contribution in [0.2, 0.25) is 0 Å². The minimum atomic E-state index is 0.502. The lowest BCUT2D eigenvalue weighted by atomic mass is 10.2. The van der Waals surface area contributed by atoms with E-state index in [0.717, 1.165) is 29.8 Å². The zero-order valence-corrected chi connectivity index (χ0v) is 10.5. The molecule has 0 aliphatic heterocycles. The summed E-state index contributed by atoms with van der Waals surface area (Å²) in [6, 6.07) is 9.57. The SMILES string of the molecule is CCCc1cc(Oc2cccc(CN)c2)ncn1. The molecular formula is C14H17N3O. The number of hydrogen-bond acceptors (Lipinski definition) is 4. The molecule has 0 radical (unpaired) electrons. The van der Waals surface area contributed by atoms with Crippen LogP contribution in [0.4, 0.5) is 0 Å². The summed E-state index contributed by atoms with van der Waals surface area (Å²) in [5, 5.41) is 0. The van der Waals surface area contributed by atoms with Gasteiger partial charge in [0.2, 0.25) is 5.88 Å². The number of nitrogens with zero attached hydrogens (tertiary/aromatic N) is 2. The van der Waals surface area contributed by atoms with Crippen LogP contribution in [0.1, 0.15) is 24.6 Å². The summed E-state index contributed by atoms with van der Waals surface area (Å²) in [5.74, 6) is 1.32. The number of rotatable bonds is 5. The van der Waals surface area contributed by atoms with Crippen molar-refractivity contribution in [3.8, 4) is 11.6 Å². The first-order valence-corrected chi connectivity index (χ1v) is 6.09. The highest BCUT2D eigenvalue weighted by Crippen LogP contribution is 2.20. The lowest BCUT2D eigenvalue weighted by molar-refractivity contribution is 0.459. The van der Waals surface area contributed by atoms with Gasteiger partial charge in [-0.05, 0) is 24.1 Å². The molecular weight excluding hydrogens is 226 g/mol. The van der Waals surface area contributed by atoms with Gasteiger partial charge >= 0.3 is 0 Å². The topological polar surface area (TPSA) is 61.0 Å². The monoisotopic (exact) mass is 243 g/mol. The highest BCUT2D eigenvalue weighted by Gasteiger charge is 2.02. The van der Waals surface area contributed by atoms with E-state index in [2.05, 4.69) is 16.9 Å². The van der Waals surface area contributed by atoms with Gasteiger partial charge in [0.05, 0.1) is 0 Å². The van der Waals surface area contributed by atoms with Crippen molar-refractivity contribution < 1.29 is 4.74 Å². The van der Waals surface area contributed by atoms with Crippen molar-refractivity contribution in [1.29, 1.82) is 0 Å². The zero-order chi connectivity index (χ0) is 12.8. The molecule has 94 valence electrons. The Bertz CT molecular complexity index is 514. The number of benzene rings is 1. The molecule has 0 atom stereocenters. The lowest BCUT2D eigenvalue weighted by Gasteiger charge is -2.06. The molecule has 0 bridgehead atoms. The largest absolute Gasteiger partial charge is 0.439 e. The van der Waals surface area contributed by atoms with E-state index in [1.54, 1.807) is 0 Å². The summed E-state index contributed by atoms with van der Waals surface area (Å²) in [6.07, 6.45) is 3.52. The molecule has 0 fully saturated rings. The van der Waals surface area contributed by atoms with Crippen LogP contribution < -0.4 is 10.5 Å². The van der Waals surface area contributed by atoms with E-state index < -0.39 is 0 Å². The molecule has 0 amide bonds. The fourth-order valence-corrected chi connectivity index (χ4v) is 1.68. The van der Waals surface area contributed by atoms with Crippen LogP contribution in [0.5, 0.6) is 11.6 Å². The van der Waals surface area contributed by atoms with Crippen molar-refractivity contribution >= 4 is 0 Å². The highest BCUT2D eigenvalue weighted by molar-refractivity contribution is 5.31. The summed E-state index contributed by atoms with van der Waals surface area (Å²) < 4.78 is 5.70. The van der Waals surface area contributed by atoms with Gasteiger partial charge in [0, 0.05) is 18.3 Å². The number of hydrogen-bond donors (Lipinski definition) is 1. The second kappa shape index (κ2) is 6.12. The summed E-state index contributed by atoms with van der Waals surface area (Å²) in [4.78, 5) is 8.30. The molecule has 0 aliphatic rings. The van der Waals surface area contributed by atoms with E-state index in [-0.39, 0.29) is 0 Å². The average molecular weight is 243 g/mol. The number of ether oxygens (including phenoxy) is 1. The standard InChI is InChI=1S/C14H17N3O/c1-2-4-12-8-14(17-10-16-12)18-13-6-3-5-11(7-13)9-15/h3,5-8,10H,2,4,9,15H2,1H3. The van der Waals surface area contributed by atoms with E-state index in [0.29, 0.717) is 12.4 Å². The second-order valence-corrected chi connectivity index (χ2v) is 4.05. The Kier molecular flexibility index (Phi) is 4.25. The number of aromatic nitrogens is 2. The van der Waals surface area contributed by atoms with Crippen LogP contribution in [0.15, 0.2) is 36.7 Å². The van der Waals surface area contributed by atoms with Crippen molar-refractivity contribution in [2.75, 3.05) is 0 Å². The first kappa shape index (κ1) is 12.5. The van der Waals surface area contributed by atoms with Gasteiger partial charge in [0.25, 0.3) is 0 Å². The van der Waals surface area contributed by atoms with Crippen molar-refractivity contribution in [2.24, 2.45) is 5.73 Å². The van der Waals surface area contributed by atoms with Crippen LogP contribution in [0, 0.1) is 0 Å².